The molecule has 94 valence electrons. The number of amides is 1. The number of aliphatic hydroxyl groups excluding tert-OH is 1. The molecule has 0 saturated carbocycles. The minimum Gasteiger partial charge on any atom is -0.395 e. The van der Waals surface area contributed by atoms with Crippen molar-refractivity contribution in [1.29, 1.82) is 0 Å². The third-order valence-corrected chi connectivity index (χ3v) is 3.23. The van der Waals surface area contributed by atoms with E-state index < -0.39 is 0 Å². The van der Waals surface area contributed by atoms with Crippen LogP contribution in [-0.2, 0) is 4.79 Å². The molecule has 1 fully saturated rings. The smallest absolute Gasteiger partial charge is 0.236 e. The van der Waals surface area contributed by atoms with E-state index in [0.717, 1.165) is 26.1 Å². The van der Waals surface area contributed by atoms with Crippen LogP contribution in [0.3, 0.4) is 0 Å². The number of hydrogen-bond donors (Lipinski definition) is 1. The molecule has 0 aliphatic carbocycles. The zero-order chi connectivity index (χ0) is 12.0. The van der Waals surface area contributed by atoms with Crippen LogP contribution < -0.4 is 0 Å². The lowest BCUT2D eigenvalue weighted by Gasteiger charge is -2.32. The van der Waals surface area contributed by atoms with Crippen LogP contribution in [0.1, 0.15) is 26.7 Å². The predicted molar refractivity (Wildman–Crippen MR) is 64.2 cm³/mol. The Morgan fingerprint density at radius 3 is 2.88 bits per heavy atom. The van der Waals surface area contributed by atoms with Crippen LogP contribution in [0.15, 0.2) is 0 Å². The van der Waals surface area contributed by atoms with E-state index in [2.05, 4.69) is 6.92 Å². The molecule has 0 aromatic rings. The molecule has 1 saturated heterocycles. The van der Waals surface area contributed by atoms with E-state index in [0.29, 0.717) is 19.0 Å². The van der Waals surface area contributed by atoms with Crippen molar-refractivity contribution in [2.24, 2.45) is 5.92 Å². The number of carbonyl (C=O) groups excluding carboxylic acids is 1. The Balaban J connectivity index is 2.37. The Kier molecular flexibility index (Phi) is 5.77. The number of likely N-dealkylation sites (tertiary alicyclic amines) is 1. The van der Waals surface area contributed by atoms with Gasteiger partial charge in [0.2, 0.25) is 5.91 Å². The van der Waals surface area contributed by atoms with Gasteiger partial charge in [0, 0.05) is 19.6 Å². The van der Waals surface area contributed by atoms with Crippen LogP contribution in [0.2, 0.25) is 0 Å². The van der Waals surface area contributed by atoms with E-state index >= 15 is 0 Å². The van der Waals surface area contributed by atoms with E-state index in [-0.39, 0.29) is 12.5 Å². The summed E-state index contributed by atoms with van der Waals surface area (Å²) in [6, 6.07) is 0. The molecular formula is C12H24N2O2. The molecule has 4 nitrogen and oxygen atoms in total. The molecule has 1 rings (SSSR count). The zero-order valence-electron chi connectivity index (χ0n) is 10.5. The van der Waals surface area contributed by atoms with E-state index in [1.165, 1.54) is 6.42 Å². The quantitative estimate of drug-likeness (QED) is 0.748. The minimum atomic E-state index is 0.123. The molecule has 0 radical (unpaired) electrons. The average Bonchev–Trinajstić information content (AvgIpc) is 2.28. The SMILES string of the molecule is CCN(CCO)CC(=O)N1CCCC(C)C1. The van der Waals surface area contributed by atoms with Crippen molar-refractivity contribution in [3.05, 3.63) is 0 Å². The van der Waals surface area contributed by atoms with E-state index in [1.807, 2.05) is 16.7 Å². The van der Waals surface area contributed by atoms with Crippen molar-refractivity contribution >= 4 is 5.91 Å². The third kappa shape index (κ3) is 4.10. The number of nitrogens with zero attached hydrogens (tertiary/aromatic N) is 2. The summed E-state index contributed by atoms with van der Waals surface area (Å²) in [7, 11) is 0. The highest BCUT2D eigenvalue weighted by molar-refractivity contribution is 5.78. The lowest BCUT2D eigenvalue weighted by molar-refractivity contribution is -0.134. The van der Waals surface area contributed by atoms with Crippen molar-refractivity contribution in [2.75, 3.05) is 39.3 Å². The molecule has 1 unspecified atom stereocenters. The number of piperidine rings is 1. The van der Waals surface area contributed by atoms with E-state index in [4.69, 9.17) is 5.11 Å². The van der Waals surface area contributed by atoms with Gasteiger partial charge in [-0.1, -0.05) is 13.8 Å². The molecule has 1 heterocycles. The standard InChI is InChI=1S/C12H24N2O2/c1-3-13(7-8-15)10-12(16)14-6-4-5-11(2)9-14/h11,15H,3-10H2,1-2H3. The average molecular weight is 228 g/mol. The van der Waals surface area contributed by atoms with Gasteiger partial charge in [0.1, 0.15) is 0 Å². The van der Waals surface area contributed by atoms with Gasteiger partial charge < -0.3 is 10.0 Å². The second kappa shape index (κ2) is 6.86. The normalized spacial score (nSPS) is 21.5. The van der Waals surface area contributed by atoms with Crippen molar-refractivity contribution in [1.82, 2.24) is 9.80 Å². The maximum absolute atomic E-state index is 12.0. The van der Waals surface area contributed by atoms with Crippen LogP contribution in [0.5, 0.6) is 0 Å². The number of carbonyl (C=O) groups is 1. The summed E-state index contributed by atoms with van der Waals surface area (Å²) in [5, 5.41) is 8.87. The van der Waals surface area contributed by atoms with Crippen molar-refractivity contribution in [2.45, 2.75) is 26.7 Å². The molecule has 1 amide bonds. The summed E-state index contributed by atoms with van der Waals surface area (Å²) < 4.78 is 0. The summed E-state index contributed by atoms with van der Waals surface area (Å²) in [6.07, 6.45) is 2.36. The molecule has 16 heavy (non-hydrogen) atoms. The lowest BCUT2D eigenvalue weighted by atomic mass is 10.0. The van der Waals surface area contributed by atoms with Crippen LogP contribution in [-0.4, -0.2) is 60.1 Å². The van der Waals surface area contributed by atoms with Crippen LogP contribution >= 0.6 is 0 Å². The van der Waals surface area contributed by atoms with Gasteiger partial charge >= 0.3 is 0 Å². The van der Waals surface area contributed by atoms with Gasteiger partial charge in [-0.15, -0.1) is 0 Å². The van der Waals surface area contributed by atoms with Gasteiger partial charge in [-0.25, -0.2) is 0 Å². The fraction of sp³-hybridized carbons (Fsp3) is 0.917. The van der Waals surface area contributed by atoms with E-state index in [9.17, 15) is 4.79 Å². The maximum atomic E-state index is 12.0. The third-order valence-electron chi connectivity index (χ3n) is 3.23. The van der Waals surface area contributed by atoms with Crippen molar-refractivity contribution < 1.29 is 9.90 Å². The first-order valence-electron chi connectivity index (χ1n) is 6.28. The zero-order valence-corrected chi connectivity index (χ0v) is 10.5. The monoisotopic (exact) mass is 228 g/mol. The Labute approximate surface area is 98.2 Å². The molecule has 1 aliphatic rings. The van der Waals surface area contributed by atoms with Gasteiger partial charge in [-0.2, -0.15) is 0 Å². The summed E-state index contributed by atoms with van der Waals surface area (Å²) in [5.41, 5.74) is 0. The van der Waals surface area contributed by atoms with Crippen molar-refractivity contribution in [3.8, 4) is 0 Å². The first kappa shape index (κ1) is 13.5. The minimum absolute atomic E-state index is 0.123. The second-order valence-electron chi connectivity index (χ2n) is 4.68. The highest BCUT2D eigenvalue weighted by atomic mass is 16.3. The fourth-order valence-electron chi connectivity index (χ4n) is 2.20. The molecule has 0 bridgehead atoms. The molecule has 0 aromatic carbocycles. The summed E-state index contributed by atoms with van der Waals surface area (Å²) >= 11 is 0. The van der Waals surface area contributed by atoms with Crippen LogP contribution in [0.25, 0.3) is 0 Å². The number of likely N-dealkylation sites (N-methyl/N-ethyl adjacent to an activating group) is 1. The maximum Gasteiger partial charge on any atom is 0.236 e. The van der Waals surface area contributed by atoms with Gasteiger partial charge in [0.25, 0.3) is 0 Å². The number of aliphatic hydroxyl groups is 1. The molecule has 1 N–H and O–H groups in total. The molecular weight excluding hydrogens is 204 g/mol. The fourth-order valence-corrected chi connectivity index (χ4v) is 2.20. The molecule has 1 atom stereocenters. The molecule has 4 heteroatoms. The molecule has 0 spiro atoms. The van der Waals surface area contributed by atoms with E-state index in [1.54, 1.807) is 0 Å². The van der Waals surface area contributed by atoms with Crippen molar-refractivity contribution in [3.63, 3.8) is 0 Å². The number of rotatable bonds is 5. The molecule has 1 aliphatic heterocycles. The van der Waals surface area contributed by atoms with Crippen LogP contribution in [0, 0.1) is 5.92 Å². The highest BCUT2D eigenvalue weighted by Crippen LogP contribution is 2.15. The van der Waals surface area contributed by atoms with Gasteiger partial charge in [0.15, 0.2) is 0 Å². The summed E-state index contributed by atoms with van der Waals surface area (Å²) in [4.78, 5) is 15.9. The summed E-state index contributed by atoms with van der Waals surface area (Å²) in [5.74, 6) is 0.840. The Morgan fingerprint density at radius 1 is 1.56 bits per heavy atom. The largest absolute Gasteiger partial charge is 0.395 e. The van der Waals surface area contributed by atoms with Gasteiger partial charge in [-0.3, -0.25) is 9.69 Å². The number of hydrogen-bond acceptors (Lipinski definition) is 3. The summed E-state index contributed by atoms with van der Waals surface area (Å²) in [6.45, 7) is 7.99. The first-order chi connectivity index (χ1) is 7.67. The predicted octanol–water partition coefficient (Wildman–Crippen LogP) is 0.559. The van der Waals surface area contributed by atoms with Crippen LogP contribution in [0.4, 0.5) is 0 Å². The topological polar surface area (TPSA) is 43.8 Å². The Morgan fingerprint density at radius 2 is 2.31 bits per heavy atom. The van der Waals surface area contributed by atoms with Gasteiger partial charge in [-0.05, 0) is 25.3 Å². The van der Waals surface area contributed by atoms with Gasteiger partial charge in [0.05, 0.1) is 13.2 Å². The highest BCUT2D eigenvalue weighted by Gasteiger charge is 2.21. The Hall–Kier alpha value is -0.610. The second-order valence-corrected chi connectivity index (χ2v) is 4.68. The lowest BCUT2D eigenvalue weighted by Crippen LogP contribution is -2.45. The molecule has 0 aromatic heterocycles. The Bertz CT molecular complexity index is 221. The first-order valence-corrected chi connectivity index (χ1v) is 6.28.